The quantitative estimate of drug-likeness (QED) is 0.793. The van der Waals surface area contributed by atoms with Gasteiger partial charge in [0.15, 0.2) is 0 Å². The summed E-state index contributed by atoms with van der Waals surface area (Å²) in [4.78, 5) is 11.9. The number of aliphatic hydroxyl groups is 1. The number of anilines is 1. The van der Waals surface area contributed by atoms with Gasteiger partial charge in [-0.1, -0.05) is 32.9 Å². The molecule has 0 heterocycles. The van der Waals surface area contributed by atoms with Gasteiger partial charge < -0.3 is 10.4 Å². The minimum Gasteiger partial charge on any atom is -0.396 e. The minimum atomic E-state index is 0.0723. The van der Waals surface area contributed by atoms with Crippen molar-refractivity contribution < 1.29 is 9.90 Å². The van der Waals surface area contributed by atoms with Crippen LogP contribution in [0.5, 0.6) is 0 Å². The first kappa shape index (κ1) is 15.7. The monoisotopic (exact) mass is 263 g/mol. The lowest BCUT2D eigenvalue weighted by Crippen LogP contribution is -2.16. The summed E-state index contributed by atoms with van der Waals surface area (Å²) < 4.78 is 0. The number of carbonyl (C=O) groups is 1. The van der Waals surface area contributed by atoms with Crippen LogP contribution in [0.1, 0.15) is 39.2 Å². The third-order valence-electron chi connectivity index (χ3n) is 3.05. The molecule has 0 spiro atoms. The molecule has 2 N–H and O–H groups in total. The molecule has 0 saturated carbocycles. The summed E-state index contributed by atoms with van der Waals surface area (Å²) in [6, 6.07) is 7.64. The Bertz CT molecular complexity index is 384. The molecule has 3 heteroatoms. The highest BCUT2D eigenvalue weighted by Crippen LogP contribution is 2.16. The Balaban J connectivity index is 2.43. The number of rotatable bonds is 7. The van der Waals surface area contributed by atoms with E-state index in [9.17, 15) is 4.79 Å². The Hall–Kier alpha value is -1.35. The van der Waals surface area contributed by atoms with Gasteiger partial charge in [-0.2, -0.15) is 0 Å². The van der Waals surface area contributed by atoms with Crippen LogP contribution in [-0.2, 0) is 11.2 Å². The number of hydrogen-bond donors (Lipinski definition) is 2. The van der Waals surface area contributed by atoms with Crippen molar-refractivity contribution in [1.29, 1.82) is 0 Å². The zero-order chi connectivity index (χ0) is 14.3. The molecule has 0 saturated heterocycles. The summed E-state index contributed by atoms with van der Waals surface area (Å²) in [5.74, 6) is 1.11. The van der Waals surface area contributed by atoms with E-state index in [1.807, 2.05) is 24.3 Å². The summed E-state index contributed by atoms with van der Waals surface area (Å²) in [5.41, 5.74) is 1.90. The Morgan fingerprint density at radius 1 is 1.21 bits per heavy atom. The number of amides is 1. The van der Waals surface area contributed by atoms with Gasteiger partial charge in [0.25, 0.3) is 0 Å². The van der Waals surface area contributed by atoms with Gasteiger partial charge in [-0.3, -0.25) is 4.79 Å². The fourth-order valence-corrected chi connectivity index (χ4v) is 2.30. The first-order chi connectivity index (χ1) is 9.01. The van der Waals surface area contributed by atoms with Crippen LogP contribution in [-0.4, -0.2) is 17.6 Å². The van der Waals surface area contributed by atoms with Gasteiger partial charge >= 0.3 is 0 Å². The molecule has 0 fully saturated rings. The molecule has 0 bridgehead atoms. The molecule has 1 aromatic carbocycles. The lowest BCUT2D eigenvalue weighted by Gasteiger charge is -2.13. The van der Waals surface area contributed by atoms with Crippen LogP contribution in [0.25, 0.3) is 0 Å². The normalized spacial score (nSPS) is 12.5. The predicted octanol–water partition coefficient (Wildman–Crippen LogP) is 3.23. The van der Waals surface area contributed by atoms with Crippen molar-refractivity contribution in [1.82, 2.24) is 0 Å². The molecule has 0 radical (unpaired) electrons. The number of benzene rings is 1. The van der Waals surface area contributed by atoms with Crippen molar-refractivity contribution in [2.24, 2.45) is 11.8 Å². The fourth-order valence-electron chi connectivity index (χ4n) is 2.30. The van der Waals surface area contributed by atoms with E-state index < -0.39 is 0 Å². The molecule has 1 aromatic rings. The van der Waals surface area contributed by atoms with Crippen molar-refractivity contribution in [2.75, 3.05) is 11.9 Å². The van der Waals surface area contributed by atoms with E-state index in [1.54, 1.807) is 0 Å². The highest BCUT2D eigenvalue weighted by molar-refractivity contribution is 5.90. The first-order valence-corrected chi connectivity index (χ1v) is 7.01. The summed E-state index contributed by atoms with van der Waals surface area (Å²) in [6.07, 6.45) is 2.29. The zero-order valence-electron chi connectivity index (χ0n) is 12.1. The predicted molar refractivity (Wildman–Crippen MR) is 79.1 cm³/mol. The van der Waals surface area contributed by atoms with E-state index >= 15 is 0 Å². The molecule has 0 aliphatic heterocycles. The topological polar surface area (TPSA) is 49.3 Å². The second kappa shape index (κ2) is 7.95. The van der Waals surface area contributed by atoms with Gasteiger partial charge in [-0.25, -0.2) is 0 Å². The minimum absolute atomic E-state index is 0.0723. The van der Waals surface area contributed by atoms with Crippen molar-refractivity contribution in [2.45, 2.75) is 40.0 Å². The summed E-state index contributed by atoms with van der Waals surface area (Å²) >= 11 is 0. The van der Waals surface area contributed by atoms with E-state index in [-0.39, 0.29) is 12.5 Å². The Morgan fingerprint density at radius 3 is 2.37 bits per heavy atom. The second-order valence-electron chi connectivity index (χ2n) is 5.66. The average Bonchev–Trinajstić information content (AvgIpc) is 2.30. The van der Waals surface area contributed by atoms with E-state index in [4.69, 9.17) is 5.11 Å². The van der Waals surface area contributed by atoms with Crippen LogP contribution in [0.2, 0.25) is 0 Å². The Morgan fingerprint density at radius 2 is 1.84 bits per heavy atom. The molecule has 1 rings (SSSR count). The maximum absolute atomic E-state index is 11.9. The number of nitrogens with one attached hydrogen (secondary N) is 1. The van der Waals surface area contributed by atoms with Gasteiger partial charge in [0.2, 0.25) is 5.91 Å². The highest BCUT2D eigenvalue weighted by Gasteiger charge is 2.10. The number of hydrogen-bond acceptors (Lipinski definition) is 2. The molecule has 1 amide bonds. The molecule has 0 aliphatic rings. The summed E-state index contributed by atoms with van der Waals surface area (Å²) in [6.45, 7) is 6.62. The molecule has 19 heavy (non-hydrogen) atoms. The van der Waals surface area contributed by atoms with Gasteiger partial charge in [-0.15, -0.1) is 0 Å². The lowest BCUT2D eigenvalue weighted by molar-refractivity contribution is -0.117. The smallest absolute Gasteiger partial charge is 0.224 e. The molecule has 1 unspecified atom stereocenters. The van der Waals surface area contributed by atoms with Gasteiger partial charge in [0, 0.05) is 18.7 Å². The fraction of sp³-hybridized carbons (Fsp3) is 0.562. The SMILES string of the molecule is CC(C)CC(C)CC(=O)Nc1ccc(CCO)cc1. The Kier molecular flexibility index (Phi) is 6.57. The van der Waals surface area contributed by atoms with Crippen LogP contribution in [0.3, 0.4) is 0 Å². The van der Waals surface area contributed by atoms with Crippen molar-refractivity contribution in [3.63, 3.8) is 0 Å². The van der Waals surface area contributed by atoms with Crippen molar-refractivity contribution in [3.8, 4) is 0 Å². The molecule has 0 aromatic heterocycles. The van der Waals surface area contributed by atoms with Crippen molar-refractivity contribution >= 4 is 11.6 Å². The summed E-state index contributed by atoms with van der Waals surface area (Å²) in [5, 5.41) is 11.7. The van der Waals surface area contributed by atoms with Crippen LogP contribution < -0.4 is 5.32 Å². The van der Waals surface area contributed by atoms with Gasteiger partial charge in [-0.05, 0) is 42.4 Å². The first-order valence-electron chi connectivity index (χ1n) is 7.01. The van der Waals surface area contributed by atoms with Gasteiger partial charge in [0.1, 0.15) is 0 Å². The Labute approximate surface area is 116 Å². The van der Waals surface area contributed by atoms with Crippen LogP contribution in [0.15, 0.2) is 24.3 Å². The largest absolute Gasteiger partial charge is 0.396 e. The third-order valence-corrected chi connectivity index (χ3v) is 3.05. The van der Waals surface area contributed by atoms with E-state index in [2.05, 4.69) is 26.1 Å². The standard InChI is InChI=1S/C16H25NO2/c1-12(2)10-13(3)11-16(19)17-15-6-4-14(5-7-15)8-9-18/h4-7,12-13,18H,8-11H2,1-3H3,(H,17,19). The van der Waals surface area contributed by atoms with Gasteiger partial charge in [0.05, 0.1) is 0 Å². The maximum atomic E-state index is 11.9. The van der Waals surface area contributed by atoms with Crippen LogP contribution >= 0.6 is 0 Å². The van der Waals surface area contributed by atoms with Crippen molar-refractivity contribution in [3.05, 3.63) is 29.8 Å². The van der Waals surface area contributed by atoms with Crippen LogP contribution in [0.4, 0.5) is 5.69 Å². The molecule has 1 atom stereocenters. The molecule has 106 valence electrons. The number of carbonyl (C=O) groups excluding carboxylic acids is 1. The molecular weight excluding hydrogens is 238 g/mol. The average molecular weight is 263 g/mol. The molecular formula is C16H25NO2. The lowest BCUT2D eigenvalue weighted by atomic mass is 9.96. The third kappa shape index (κ3) is 6.39. The highest BCUT2D eigenvalue weighted by atomic mass is 16.2. The van der Waals surface area contributed by atoms with Crippen LogP contribution in [0, 0.1) is 11.8 Å². The maximum Gasteiger partial charge on any atom is 0.224 e. The molecule has 0 aliphatic carbocycles. The van der Waals surface area contributed by atoms with E-state index in [0.29, 0.717) is 24.7 Å². The zero-order valence-corrected chi connectivity index (χ0v) is 12.1. The second-order valence-corrected chi connectivity index (χ2v) is 5.66. The van der Waals surface area contributed by atoms with E-state index in [0.717, 1.165) is 17.7 Å². The molecule has 3 nitrogen and oxygen atoms in total. The summed E-state index contributed by atoms with van der Waals surface area (Å²) in [7, 11) is 0. The number of aliphatic hydroxyl groups excluding tert-OH is 1. The van der Waals surface area contributed by atoms with E-state index in [1.165, 1.54) is 0 Å².